The summed E-state index contributed by atoms with van der Waals surface area (Å²) in [6.45, 7) is 0. The van der Waals surface area contributed by atoms with Gasteiger partial charge in [0.15, 0.2) is 11.0 Å². The molecule has 14 nitrogen and oxygen atoms in total. The lowest BCUT2D eigenvalue weighted by molar-refractivity contribution is -0.168. The third-order valence-electron chi connectivity index (χ3n) is 3.29. The molecular formula is C10H4F6N10O4. The smallest absolute Gasteiger partial charge is 0.410 e. The number of benzene rings is 1. The third-order valence-corrected chi connectivity index (χ3v) is 3.29. The average molecular weight is 442 g/mol. The van der Waals surface area contributed by atoms with Crippen molar-refractivity contribution in [1.82, 2.24) is 30.2 Å². The number of hydrogen-bond donors (Lipinski definition) is 4. The molecular weight excluding hydrogens is 438 g/mol. The first-order valence-electron chi connectivity index (χ1n) is 7.06. The zero-order valence-electron chi connectivity index (χ0n) is 13.6. The van der Waals surface area contributed by atoms with Crippen LogP contribution in [0.3, 0.4) is 0 Å². The number of aromatic nitrogens is 6. The predicted octanol–water partition coefficient (Wildman–Crippen LogP) is 0.0133. The molecule has 3 rings (SSSR count). The minimum Gasteiger partial charge on any atom is -0.410 e. The number of carbonyl (C=O) groups excluding carboxylic acids is 2. The zero-order chi connectivity index (χ0) is 22.4. The lowest BCUT2D eigenvalue weighted by Gasteiger charge is -2.06. The summed E-state index contributed by atoms with van der Waals surface area (Å²) in [7, 11) is 0. The van der Waals surface area contributed by atoms with Crippen molar-refractivity contribution in [2.24, 2.45) is 10.3 Å². The molecule has 1 aromatic heterocycles. The Kier molecular flexibility index (Phi) is 4.55. The van der Waals surface area contributed by atoms with Crippen LogP contribution in [0.1, 0.15) is 0 Å². The van der Waals surface area contributed by atoms with E-state index >= 15 is 0 Å². The number of aromatic amines is 1. The first-order valence-corrected chi connectivity index (χ1v) is 7.06. The number of halogens is 6. The number of amides is 2. The second-order valence-electron chi connectivity index (χ2n) is 5.20. The van der Waals surface area contributed by atoms with E-state index in [0.29, 0.717) is 0 Å². The van der Waals surface area contributed by atoms with Crippen LogP contribution >= 0.6 is 0 Å². The number of nitrogens with zero attached hydrogens (tertiary/aromatic N) is 7. The lowest BCUT2D eigenvalue weighted by atomic mass is 10.1. The number of H-pyrrole nitrogens is 1. The van der Waals surface area contributed by atoms with Crippen molar-refractivity contribution in [3.8, 4) is 11.4 Å². The highest BCUT2D eigenvalue weighted by molar-refractivity contribution is 5.96. The molecule has 160 valence electrons. The van der Waals surface area contributed by atoms with E-state index in [1.54, 1.807) is 0 Å². The summed E-state index contributed by atoms with van der Waals surface area (Å²) >= 11 is 0. The monoisotopic (exact) mass is 442 g/mol. The Morgan fingerprint density at radius 3 is 2.07 bits per heavy atom. The van der Waals surface area contributed by atoms with E-state index in [2.05, 4.69) is 25.6 Å². The molecule has 30 heavy (non-hydrogen) atoms. The number of fused-ring (bicyclic) bond motifs is 2. The van der Waals surface area contributed by atoms with Crippen molar-refractivity contribution >= 4 is 28.5 Å². The van der Waals surface area contributed by atoms with Crippen LogP contribution in [-0.2, 0) is 9.59 Å². The van der Waals surface area contributed by atoms with Crippen molar-refractivity contribution in [2.45, 2.75) is 12.4 Å². The van der Waals surface area contributed by atoms with Gasteiger partial charge >= 0.3 is 24.2 Å². The van der Waals surface area contributed by atoms with Crippen molar-refractivity contribution in [3.63, 3.8) is 0 Å². The van der Waals surface area contributed by atoms with E-state index < -0.39 is 57.6 Å². The van der Waals surface area contributed by atoms with Gasteiger partial charge in [0.2, 0.25) is 0 Å². The van der Waals surface area contributed by atoms with Gasteiger partial charge in [-0.3, -0.25) is 14.7 Å². The molecule has 0 unspecified atom stereocenters. The fraction of sp³-hybridized carbons (Fsp3) is 0.200. The maximum atomic E-state index is 12.4. The van der Waals surface area contributed by atoms with Crippen LogP contribution in [0.25, 0.3) is 22.4 Å². The molecule has 2 heterocycles. The van der Waals surface area contributed by atoms with Crippen molar-refractivity contribution in [2.75, 3.05) is 10.9 Å². The van der Waals surface area contributed by atoms with Gasteiger partial charge < -0.3 is 5.21 Å². The van der Waals surface area contributed by atoms with Gasteiger partial charge in [0.25, 0.3) is 0 Å². The Morgan fingerprint density at radius 1 is 0.967 bits per heavy atom. The minimum atomic E-state index is -5.31. The SMILES string of the molecule is O=Nc1c2[nH]n(NC(=O)C(F)(F)F)nc-2c(=NO)c2nn(NC(=O)C(F)(F)F)nc12. The molecule has 0 radical (unpaired) electrons. The van der Waals surface area contributed by atoms with Gasteiger partial charge in [0.1, 0.15) is 22.4 Å². The summed E-state index contributed by atoms with van der Waals surface area (Å²) in [5, 5.41) is 26.0. The molecule has 0 saturated heterocycles. The van der Waals surface area contributed by atoms with Crippen LogP contribution in [0, 0.1) is 4.91 Å². The van der Waals surface area contributed by atoms with Crippen LogP contribution < -0.4 is 16.2 Å². The Bertz CT molecular complexity index is 1180. The molecule has 0 atom stereocenters. The molecule has 1 aromatic rings. The highest BCUT2D eigenvalue weighted by Gasteiger charge is 2.40. The third kappa shape index (κ3) is 3.44. The van der Waals surface area contributed by atoms with Crippen LogP contribution in [0.2, 0.25) is 0 Å². The minimum absolute atomic E-state index is 0.00220. The maximum absolute atomic E-state index is 12.4. The highest BCUT2D eigenvalue weighted by atomic mass is 19.4. The summed E-state index contributed by atoms with van der Waals surface area (Å²) in [5.41, 5.74) is -0.584. The predicted molar refractivity (Wildman–Crippen MR) is 77.9 cm³/mol. The first-order chi connectivity index (χ1) is 13.9. The molecule has 0 saturated carbocycles. The first kappa shape index (κ1) is 20.5. The number of carbonyl (C=O) groups is 2. The summed E-state index contributed by atoms with van der Waals surface area (Å²) in [4.78, 5) is 33.3. The van der Waals surface area contributed by atoms with Gasteiger partial charge in [0.05, 0.1) is 0 Å². The van der Waals surface area contributed by atoms with Crippen molar-refractivity contribution in [1.29, 1.82) is 0 Å². The molecule has 0 spiro atoms. The number of nitrogens with one attached hydrogen (secondary N) is 3. The van der Waals surface area contributed by atoms with Crippen LogP contribution in [0.4, 0.5) is 32.0 Å². The second-order valence-corrected chi connectivity index (χ2v) is 5.20. The average Bonchev–Trinajstić information content (AvgIpc) is 3.21. The number of nitroso groups, excluding NO2 is 1. The summed E-state index contributed by atoms with van der Waals surface area (Å²) in [6.07, 6.45) is -10.6. The van der Waals surface area contributed by atoms with E-state index in [1.807, 2.05) is 5.10 Å². The Hall–Kier alpha value is -4.26. The van der Waals surface area contributed by atoms with Crippen LogP contribution in [0.15, 0.2) is 10.3 Å². The van der Waals surface area contributed by atoms with E-state index in [0.717, 1.165) is 0 Å². The van der Waals surface area contributed by atoms with Crippen LogP contribution in [-0.4, -0.2) is 59.6 Å². The summed E-state index contributed by atoms with van der Waals surface area (Å²) < 4.78 is 74.1. The molecule has 1 aliphatic carbocycles. The Morgan fingerprint density at radius 2 is 1.53 bits per heavy atom. The topological polar surface area (TPSA) is 185 Å². The summed E-state index contributed by atoms with van der Waals surface area (Å²) in [5.74, 6) is -4.94. The molecule has 4 N–H and O–H groups in total. The molecule has 0 aromatic carbocycles. The standard InChI is InChI=1S/C10H4F6N10O4/c11-9(12,13)7(27)21-25-17-1-2(18-25)6(24-30)4-3(5(1)23-29)19-26(20-4)22-8(28)10(14,15)16/h17,30H,(H,21,27)(H,22,28). The highest BCUT2D eigenvalue weighted by Crippen LogP contribution is 2.32. The van der Waals surface area contributed by atoms with Crippen LogP contribution in [0.5, 0.6) is 0 Å². The van der Waals surface area contributed by atoms with Gasteiger partial charge in [-0.15, -0.1) is 25.1 Å². The quantitative estimate of drug-likeness (QED) is 0.191. The Balaban J connectivity index is 2.18. The lowest BCUT2D eigenvalue weighted by Crippen LogP contribution is -2.36. The van der Waals surface area contributed by atoms with Gasteiger partial charge in [-0.2, -0.15) is 26.3 Å². The largest absolute Gasteiger partial charge is 0.473 e. The van der Waals surface area contributed by atoms with E-state index in [9.17, 15) is 46.0 Å². The van der Waals surface area contributed by atoms with E-state index in [-0.39, 0.29) is 9.81 Å². The second kappa shape index (κ2) is 6.66. The molecule has 0 fully saturated rings. The number of hydrogen-bond acceptors (Lipinski definition) is 9. The Labute approximate surface area is 156 Å². The van der Waals surface area contributed by atoms with Crippen molar-refractivity contribution in [3.05, 3.63) is 10.3 Å². The summed E-state index contributed by atoms with van der Waals surface area (Å²) in [6, 6.07) is 0. The fourth-order valence-corrected chi connectivity index (χ4v) is 2.12. The van der Waals surface area contributed by atoms with Crippen molar-refractivity contribution < 1.29 is 41.1 Å². The molecule has 2 aliphatic rings. The van der Waals surface area contributed by atoms with Gasteiger partial charge in [-0.1, -0.05) is 10.1 Å². The number of rotatable bonds is 3. The normalized spacial score (nSPS) is 13.1. The fourth-order valence-electron chi connectivity index (χ4n) is 2.12. The molecule has 0 bridgehead atoms. The van der Waals surface area contributed by atoms with Gasteiger partial charge in [-0.05, 0) is 5.18 Å². The zero-order valence-corrected chi connectivity index (χ0v) is 13.6. The van der Waals surface area contributed by atoms with E-state index in [4.69, 9.17) is 0 Å². The van der Waals surface area contributed by atoms with Gasteiger partial charge in [-0.25, -0.2) is 10.9 Å². The molecule has 20 heteroatoms. The number of alkyl halides is 6. The molecule has 2 amide bonds. The maximum Gasteiger partial charge on any atom is 0.473 e. The van der Waals surface area contributed by atoms with E-state index in [1.165, 1.54) is 10.9 Å². The van der Waals surface area contributed by atoms with Gasteiger partial charge in [0, 0.05) is 0 Å². The molecule has 1 aliphatic heterocycles.